The summed E-state index contributed by atoms with van der Waals surface area (Å²) in [4.78, 5) is 2.58. The van der Waals surface area contributed by atoms with Crippen molar-refractivity contribution in [3.05, 3.63) is 35.4 Å². The van der Waals surface area contributed by atoms with Gasteiger partial charge in [0, 0.05) is 18.6 Å². The van der Waals surface area contributed by atoms with Gasteiger partial charge in [-0.25, -0.2) is 0 Å². The topological polar surface area (TPSA) is 15.3 Å². The predicted octanol–water partition coefficient (Wildman–Crippen LogP) is 2.46. The van der Waals surface area contributed by atoms with E-state index in [0.29, 0.717) is 12.1 Å². The number of likely N-dealkylation sites (N-methyl/N-ethyl adjacent to an activating group) is 2. The van der Waals surface area contributed by atoms with E-state index in [1.165, 1.54) is 30.5 Å². The lowest BCUT2D eigenvalue weighted by molar-refractivity contribution is 0.198. The third-order valence-electron chi connectivity index (χ3n) is 4.88. The van der Waals surface area contributed by atoms with Gasteiger partial charge in [-0.15, -0.1) is 0 Å². The molecule has 18 heavy (non-hydrogen) atoms. The van der Waals surface area contributed by atoms with E-state index in [4.69, 9.17) is 0 Å². The number of benzene rings is 1. The minimum absolute atomic E-state index is 0.500. The highest BCUT2D eigenvalue weighted by Gasteiger charge is 2.38. The van der Waals surface area contributed by atoms with Crippen LogP contribution >= 0.6 is 0 Å². The number of hydrogen-bond acceptors (Lipinski definition) is 2. The zero-order valence-corrected chi connectivity index (χ0v) is 11.7. The Morgan fingerprint density at radius 2 is 2.06 bits per heavy atom. The maximum Gasteiger partial charge on any atom is 0.0481 e. The second-order valence-corrected chi connectivity index (χ2v) is 6.15. The van der Waals surface area contributed by atoms with Crippen LogP contribution in [0.4, 0.5) is 0 Å². The average Bonchev–Trinajstić information content (AvgIpc) is 2.93. The van der Waals surface area contributed by atoms with E-state index in [0.717, 1.165) is 11.8 Å². The molecule has 1 N–H and O–H groups in total. The van der Waals surface area contributed by atoms with Crippen LogP contribution in [0.25, 0.3) is 0 Å². The van der Waals surface area contributed by atoms with Crippen molar-refractivity contribution in [2.24, 2.45) is 11.8 Å². The summed E-state index contributed by atoms with van der Waals surface area (Å²) in [5.41, 5.74) is 3.03. The van der Waals surface area contributed by atoms with Crippen LogP contribution in [-0.2, 0) is 6.42 Å². The van der Waals surface area contributed by atoms with Crippen molar-refractivity contribution in [1.82, 2.24) is 10.2 Å². The molecule has 2 aliphatic rings. The van der Waals surface area contributed by atoms with Crippen LogP contribution in [0.1, 0.15) is 30.5 Å². The Bertz CT molecular complexity index is 429. The van der Waals surface area contributed by atoms with E-state index in [9.17, 15) is 0 Å². The molecule has 1 saturated carbocycles. The lowest BCUT2D eigenvalue weighted by atomic mass is 10.1. The third-order valence-corrected chi connectivity index (χ3v) is 4.88. The Kier molecular flexibility index (Phi) is 3.16. The number of nitrogens with zero attached hydrogens (tertiary/aromatic N) is 1. The molecular formula is C16H24N2. The van der Waals surface area contributed by atoms with Crippen LogP contribution < -0.4 is 5.32 Å². The highest BCUT2D eigenvalue weighted by Crippen LogP contribution is 2.40. The molecule has 2 nitrogen and oxygen atoms in total. The monoisotopic (exact) mass is 244 g/mol. The molecular weight excluding hydrogens is 220 g/mol. The summed E-state index contributed by atoms with van der Waals surface area (Å²) in [5.74, 6) is 1.89. The van der Waals surface area contributed by atoms with E-state index in [2.05, 4.69) is 55.5 Å². The molecule has 2 aliphatic carbocycles. The van der Waals surface area contributed by atoms with Gasteiger partial charge in [0.1, 0.15) is 0 Å². The Morgan fingerprint density at radius 3 is 2.72 bits per heavy atom. The van der Waals surface area contributed by atoms with Gasteiger partial charge in [-0.2, -0.15) is 0 Å². The zero-order chi connectivity index (χ0) is 12.7. The lowest BCUT2D eigenvalue weighted by Crippen LogP contribution is -2.40. The number of hydrogen-bond donors (Lipinski definition) is 1. The molecule has 0 bridgehead atoms. The van der Waals surface area contributed by atoms with Crippen LogP contribution in [0.15, 0.2) is 24.3 Å². The molecule has 1 fully saturated rings. The fraction of sp³-hybridized carbons (Fsp3) is 0.625. The fourth-order valence-electron chi connectivity index (χ4n) is 3.49. The summed E-state index contributed by atoms with van der Waals surface area (Å²) in [6.07, 6.45) is 2.62. The highest BCUT2D eigenvalue weighted by atomic mass is 15.2. The van der Waals surface area contributed by atoms with Crippen molar-refractivity contribution in [2.75, 3.05) is 20.6 Å². The van der Waals surface area contributed by atoms with Gasteiger partial charge in [0.15, 0.2) is 0 Å². The third kappa shape index (κ3) is 2.08. The van der Waals surface area contributed by atoms with E-state index in [1.54, 1.807) is 0 Å². The largest absolute Gasteiger partial charge is 0.312 e. The summed E-state index contributed by atoms with van der Waals surface area (Å²) in [5, 5.41) is 3.51. The van der Waals surface area contributed by atoms with Gasteiger partial charge in [-0.05, 0) is 49.9 Å². The predicted molar refractivity (Wildman–Crippen MR) is 75.6 cm³/mol. The first-order valence-electron chi connectivity index (χ1n) is 7.16. The molecule has 1 aromatic rings. The minimum Gasteiger partial charge on any atom is -0.312 e. The van der Waals surface area contributed by atoms with Crippen LogP contribution in [0.5, 0.6) is 0 Å². The van der Waals surface area contributed by atoms with Gasteiger partial charge in [0.25, 0.3) is 0 Å². The number of fused-ring (bicyclic) bond motifs is 1. The number of rotatable bonds is 4. The molecule has 4 atom stereocenters. The van der Waals surface area contributed by atoms with E-state index in [1.807, 2.05) is 0 Å². The van der Waals surface area contributed by atoms with E-state index < -0.39 is 0 Å². The summed E-state index contributed by atoms with van der Waals surface area (Å²) in [6.45, 7) is 3.63. The highest BCUT2D eigenvalue weighted by molar-refractivity contribution is 5.37. The summed E-state index contributed by atoms with van der Waals surface area (Å²) < 4.78 is 0. The summed E-state index contributed by atoms with van der Waals surface area (Å²) >= 11 is 0. The Morgan fingerprint density at radius 1 is 1.33 bits per heavy atom. The van der Waals surface area contributed by atoms with Gasteiger partial charge in [0.05, 0.1) is 0 Å². The Hall–Kier alpha value is -0.860. The van der Waals surface area contributed by atoms with Crippen molar-refractivity contribution in [3.8, 4) is 0 Å². The van der Waals surface area contributed by atoms with Gasteiger partial charge in [-0.3, -0.25) is 0 Å². The molecule has 0 spiro atoms. The van der Waals surface area contributed by atoms with E-state index in [-0.39, 0.29) is 0 Å². The Balaban J connectivity index is 1.74. The van der Waals surface area contributed by atoms with Crippen molar-refractivity contribution in [3.63, 3.8) is 0 Å². The molecule has 4 unspecified atom stereocenters. The summed E-state index contributed by atoms with van der Waals surface area (Å²) in [7, 11) is 4.39. The molecule has 0 amide bonds. The normalized spacial score (nSPS) is 33.8. The maximum absolute atomic E-state index is 3.51. The van der Waals surface area contributed by atoms with Crippen molar-refractivity contribution in [1.29, 1.82) is 0 Å². The molecule has 0 radical (unpaired) electrons. The van der Waals surface area contributed by atoms with E-state index >= 15 is 0 Å². The van der Waals surface area contributed by atoms with Crippen LogP contribution in [-0.4, -0.2) is 31.6 Å². The second-order valence-electron chi connectivity index (χ2n) is 6.15. The molecule has 3 rings (SSSR count). The van der Waals surface area contributed by atoms with Crippen molar-refractivity contribution >= 4 is 0 Å². The molecule has 1 aromatic carbocycles. The molecule has 0 saturated heterocycles. The molecule has 0 aromatic heterocycles. The zero-order valence-electron chi connectivity index (χ0n) is 11.7. The van der Waals surface area contributed by atoms with Gasteiger partial charge in [-0.1, -0.05) is 31.2 Å². The van der Waals surface area contributed by atoms with Crippen LogP contribution in [0, 0.1) is 11.8 Å². The van der Waals surface area contributed by atoms with Gasteiger partial charge < -0.3 is 10.2 Å². The minimum atomic E-state index is 0.500. The van der Waals surface area contributed by atoms with Crippen molar-refractivity contribution in [2.45, 2.75) is 31.8 Å². The Labute approximate surface area is 110 Å². The quantitative estimate of drug-likeness (QED) is 0.875. The maximum atomic E-state index is 3.51. The molecule has 98 valence electrons. The van der Waals surface area contributed by atoms with Gasteiger partial charge >= 0.3 is 0 Å². The molecule has 0 heterocycles. The van der Waals surface area contributed by atoms with Crippen LogP contribution in [0.3, 0.4) is 0 Å². The first-order valence-corrected chi connectivity index (χ1v) is 7.16. The number of nitrogens with one attached hydrogen (secondary N) is 1. The molecule has 2 heteroatoms. The van der Waals surface area contributed by atoms with Crippen LogP contribution in [0.2, 0.25) is 0 Å². The first-order chi connectivity index (χ1) is 8.70. The van der Waals surface area contributed by atoms with Gasteiger partial charge in [0.2, 0.25) is 0 Å². The summed E-state index contributed by atoms with van der Waals surface area (Å²) in [6, 6.07) is 10.0. The standard InChI is InChI=1S/C16H24N2/c1-11-8-13(11)10-18(3)15-9-12-6-4-5-7-14(12)16(15)17-2/h4-7,11,13,15-17H,8-10H2,1-3H3. The first kappa shape index (κ1) is 12.2. The smallest absolute Gasteiger partial charge is 0.0481 e. The SMILES string of the molecule is CNC1c2ccccc2CC1N(C)CC1CC1C. The van der Waals surface area contributed by atoms with Crippen molar-refractivity contribution < 1.29 is 0 Å². The second kappa shape index (κ2) is 4.67. The average molecular weight is 244 g/mol. The lowest BCUT2D eigenvalue weighted by Gasteiger charge is -2.30. The fourth-order valence-corrected chi connectivity index (χ4v) is 3.49. The molecule has 0 aliphatic heterocycles.